The van der Waals surface area contributed by atoms with Crippen molar-refractivity contribution in [2.75, 3.05) is 5.32 Å². The van der Waals surface area contributed by atoms with Crippen molar-refractivity contribution in [3.8, 4) is 0 Å². The van der Waals surface area contributed by atoms with Gasteiger partial charge in [-0.05, 0) is 43.3 Å². The van der Waals surface area contributed by atoms with Gasteiger partial charge in [0.2, 0.25) is 0 Å². The highest BCUT2D eigenvalue weighted by Crippen LogP contribution is 2.24. The summed E-state index contributed by atoms with van der Waals surface area (Å²) in [5.41, 5.74) is 3.83. The first-order valence-electron chi connectivity index (χ1n) is 6.10. The predicted molar refractivity (Wildman–Crippen MR) is 79.9 cm³/mol. The van der Waals surface area contributed by atoms with Crippen LogP contribution in [-0.4, -0.2) is 17.0 Å². The van der Waals surface area contributed by atoms with Crippen molar-refractivity contribution >= 4 is 28.9 Å². The second-order valence-electron chi connectivity index (χ2n) is 4.70. The highest BCUT2D eigenvalue weighted by atomic mass is 32.1. The summed E-state index contributed by atoms with van der Waals surface area (Å²) in [6.07, 6.45) is 0. The lowest BCUT2D eigenvalue weighted by molar-refractivity contribution is 0.0693. The number of benzene rings is 1. The van der Waals surface area contributed by atoms with E-state index in [1.54, 1.807) is 5.38 Å². The zero-order chi connectivity index (χ0) is 14.9. The van der Waals surface area contributed by atoms with Crippen molar-refractivity contribution in [1.29, 1.82) is 0 Å². The largest absolute Gasteiger partial charge is 0.478 e. The molecule has 0 bridgehead atoms. The molecule has 2 aromatic rings. The number of anilines is 1. The first kappa shape index (κ1) is 14.3. The summed E-state index contributed by atoms with van der Waals surface area (Å²) in [6.45, 7) is 5.83. The highest BCUT2D eigenvalue weighted by Gasteiger charge is 2.19. The Hall–Kier alpha value is -2.14. The van der Waals surface area contributed by atoms with Gasteiger partial charge in [-0.15, -0.1) is 11.3 Å². The molecule has 0 aliphatic heterocycles. The van der Waals surface area contributed by atoms with Crippen molar-refractivity contribution in [2.45, 2.75) is 20.8 Å². The van der Waals surface area contributed by atoms with E-state index in [4.69, 9.17) is 5.11 Å². The van der Waals surface area contributed by atoms with Crippen molar-refractivity contribution in [1.82, 2.24) is 0 Å². The van der Waals surface area contributed by atoms with Crippen LogP contribution in [0, 0.1) is 20.8 Å². The zero-order valence-electron chi connectivity index (χ0n) is 11.5. The van der Waals surface area contributed by atoms with E-state index in [2.05, 4.69) is 5.32 Å². The van der Waals surface area contributed by atoms with E-state index < -0.39 is 5.97 Å². The predicted octanol–water partition coefficient (Wildman–Crippen LogP) is 3.62. The third-order valence-electron chi connectivity index (χ3n) is 3.02. The molecule has 0 spiro atoms. The fraction of sp³-hybridized carbons (Fsp3) is 0.200. The SMILES string of the molecule is Cc1cc(C)c(NC(=O)c2sccc2C(=O)O)c(C)c1. The minimum absolute atomic E-state index is 0.0370. The Labute approximate surface area is 121 Å². The van der Waals surface area contributed by atoms with Gasteiger partial charge in [-0.1, -0.05) is 17.7 Å². The topological polar surface area (TPSA) is 66.4 Å². The molecule has 0 saturated heterocycles. The third-order valence-corrected chi connectivity index (χ3v) is 3.93. The molecule has 1 heterocycles. The average molecular weight is 289 g/mol. The number of thiophene rings is 1. The van der Waals surface area contributed by atoms with Gasteiger partial charge in [-0.2, -0.15) is 0 Å². The van der Waals surface area contributed by atoms with Crippen LogP contribution in [0.2, 0.25) is 0 Å². The maximum Gasteiger partial charge on any atom is 0.337 e. The number of aromatic carboxylic acids is 1. The van der Waals surface area contributed by atoms with Gasteiger partial charge in [-0.3, -0.25) is 4.79 Å². The number of nitrogens with one attached hydrogen (secondary N) is 1. The molecular formula is C15H15NO3S. The van der Waals surface area contributed by atoms with Crippen molar-refractivity contribution < 1.29 is 14.7 Å². The Morgan fingerprint density at radius 1 is 1.15 bits per heavy atom. The van der Waals surface area contributed by atoms with Gasteiger partial charge in [0, 0.05) is 5.69 Å². The smallest absolute Gasteiger partial charge is 0.337 e. The van der Waals surface area contributed by atoms with Gasteiger partial charge in [0.05, 0.1) is 5.56 Å². The van der Waals surface area contributed by atoms with Crippen LogP contribution in [0.15, 0.2) is 23.6 Å². The zero-order valence-corrected chi connectivity index (χ0v) is 12.3. The number of carbonyl (C=O) groups is 2. The van der Waals surface area contributed by atoms with Crippen molar-refractivity contribution in [2.24, 2.45) is 0 Å². The maximum atomic E-state index is 12.2. The molecule has 0 aliphatic carbocycles. The Balaban J connectivity index is 2.33. The fourth-order valence-electron chi connectivity index (χ4n) is 2.20. The molecule has 20 heavy (non-hydrogen) atoms. The summed E-state index contributed by atoms with van der Waals surface area (Å²) in [5, 5.41) is 13.5. The number of carboxylic acid groups (broad SMARTS) is 1. The molecule has 104 valence electrons. The van der Waals surface area contributed by atoms with E-state index in [0.29, 0.717) is 0 Å². The van der Waals surface area contributed by atoms with Crippen LogP contribution in [0.5, 0.6) is 0 Å². The number of aryl methyl sites for hydroxylation is 3. The Bertz CT molecular complexity index is 665. The standard InChI is InChI=1S/C15H15NO3S/c1-8-6-9(2)12(10(3)7-8)16-14(17)13-11(15(18)19)4-5-20-13/h4-7H,1-3H3,(H,16,17)(H,18,19). The molecule has 1 aromatic heterocycles. The number of rotatable bonds is 3. The van der Waals surface area contributed by atoms with E-state index in [0.717, 1.165) is 33.7 Å². The van der Waals surface area contributed by atoms with Gasteiger partial charge >= 0.3 is 5.97 Å². The van der Waals surface area contributed by atoms with Crippen molar-refractivity contribution in [3.63, 3.8) is 0 Å². The number of carbonyl (C=O) groups excluding carboxylic acids is 1. The van der Waals surface area contributed by atoms with E-state index in [1.807, 2.05) is 32.9 Å². The summed E-state index contributed by atoms with van der Waals surface area (Å²) in [7, 11) is 0. The minimum Gasteiger partial charge on any atom is -0.478 e. The van der Waals surface area contributed by atoms with Gasteiger partial charge in [0.25, 0.3) is 5.91 Å². The summed E-state index contributed by atoms with van der Waals surface area (Å²) < 4.78 is 0. The summed E-state index contributed by atoms with van der Waals surface area (Å²) in [6, 6.07) is 5.40. The second-order valence-corrected chi connectivity index (χ2v) is 5.61. The summed E-state index contributed by atoms with van der Waals surface area (Å²) in [5.74, 6) is -1.47. The summed E-state index contributed by atoms with van der Waals surface area (Å²) >= 11 is 1.13. The van der Waals surface area contributed by atoms with Gasteiger partial charge in [-0.25, -0.2) is 4.79 Å². The lowest BCUT2D eigenvalue weighted by Crippen LogP contribution is -2.15. The first-order valence-corrected chi connectivity index (χ1v) is 6.98. The van der Waals surface area contributed by atoms with Crippen molar-refractivity contribution in [3.05, 3.63) is 50.7 Å². The van der Waals surface area contributed by atoms with Crippen LogP contribution >= 0.6 is 11.3 Å². The molecule has 0 aliphatic rings. The molecule has 0 fully saturated rings. The number of hydrogen-bond acceptors (Lipinski definition) is 3. The molecule has 1 aromatic carbocycles. The van der Waals surface area contributed by atoms with Gasteiger partial charge in [0.1, 0.15) is 4.88 Å². The normalized spacial score (nSPS) is 10.3. The van der Waals surface area contributed by atoms with Crippen LogP contribution in [0.3, 0.4) is 0 Å². The second kappa shape index (κ2) is 5.46. The molecule has 2 N–H and O–H groups in total. The quantitative estimate of drug-likeness (QED) is 0.906. The summed E-state index contributed by atoms with van der Waals surface area (Å²) in [4.78, 5) is 23.5. The molecular weight excluding hydrogens is 274 g/mol. The van der Waals surface area contributed by atoms with E-state index in [1.165, 1.54) is 6.07 Å². The minimum atomic E-state index is -1.09. The van der Waals surface area contributed by atoms with Crippen LogP contribution in [0.4, 0.5) is 5.69 Å². The molecule has 2 rings (SSSR count). The monoisotopic (exact) mass is 289 g/mol. The maximum absolute atomic E-state index is 12.2. The van der Waals surface area contributed by atoms with Crippen LogP contribution in [0.1, 0.15) is 36.7 Å². The molecule has 5 heteroatoms. The Morgan fingerprint density at radius 3 is 2.30 bits per heavy atom. The Kier molecular flexibility index (Phi) is 3.90. The number of carboxylic acids is 1. The average Bonchev–Trinajstić information content (AvgIpc) is 2.82. The third kappa shape index (κ3) is 2.72. The fourth-order valence-corrected chi connectivity index (χ4v) is 2.98. The molecule has 0 unspecified atom stereocenters. The van der Waals surface area contributed by atoms with Crippen LogP contribution < -0.4 is 5.32 Å². The van der Waals surface area contributed by atoms with E-state index in [9.17, 15) is 9.59 Å². The molecule has 1 amide bonds. The van der Waals surface area contributed by atoms with E-state index >= 15 is 0 Å². The first-order chi connectivity index (χ1) is 9.40. The van der Waals surface area contributed by atoms with Crippen LogP contribution in [-0.2, 0) is 0 Å². The van der Waals surface area contributed by atoms with E-state index in [-0.39, 0.29) is 16.3 Å². The van der Waals surface area contributed by atoms with Gasteiger partial charge < -0.3 is 10.4 Å². The number of hydrogen-bond donors (Lipinski definition) is 2. The highest BCUT2D eigenvalue weighted by molar-refractivity contribution is 7.12. The molecule has 0 saturated carbocycles. The Morgan fingerprint density at radius 2 is 1.75 bits per heavy atom. The van der Waals surface area contributed by atoms with Gasteiger partial charge in [0.15, 0.2) is 0 Å². The van der Waals surface area contributed by atoms with Crippen LogP contribution in [0.25, 0.3) is 0 Å². The lowest BCUT2D eigenvalue weighted by atomic mass is 10.0. The molecule has 4 nitrogen and oxygen atoms in total. The molecule has 0 radical (unpaired) electrons. The lowest BCUT2D eigenvalue weighted by Gasteiger charge is -2.12. The molecule has 0 atom stereocenters. The number of amides is 1.